The number of likely N-dealkylation sites (N-methyl/N-ethyl adjacent to an activating group) is 1. The first-order chi connectivity index (χ1) is 14.2. The highest BCUT2D eigenvalue weighted by molar-refractivity contribution is 5.95. The van der Waals surface area contributed by atoms with Crippen LogP contribution in [0.5, 0.6) is 11.5 Å². The number of pyridine rings is 1. The molecule has 6 heteroatoms. The van der Waals surface area contributed by atoms with Crippen LogP contribution in [0.25, 0.3) is 0 Å². The van der Waals surface area contributed by atoms with Crippen molar-refractivity contribution in [3.63, 3.8) is 0 Å². The van der Waals surface area contributed by atoms with Crippen LogP contribution in [0.15, 0.2) is 73.1 Å². The molecule has 0 aliphatic carbocycles. The van der Waals surface area contributed by atoms with E-state index in [1.54, 1.807) is 12.4 Å². The fraction of sp³-hybridized carbons (Fsp3) is 0.217. The number of piperazine rings is 1. The van der Waals surface area contributed by atoms with Crippen molar-refractivity contribution in [3.8, 4) is 11.5 Å². The van der Waals surface area contributed by atoms with E-state index in [0.717, 1.165) is 43.3 Å². The minimum absolute atomic E-state index is 0.0167. The molecule has 1 aliphatic heterocycles. The van der Waals surface area contributed by atoms with Gasteiger partial charge < -0.3 is 19.9 Å². The number of amides is 1. The minimum atomic E-state index is 0.0167. The van der Waals surface area contributed by atoms with Crippen molar-refractivity contribution in [1.29, 1.82) is 0 Å². The van der Waals surface area contributed by atoms with E-state index < -0.39 is 0 Å². The Kier molecular flexibility index (Phi) is 5.72. The number of aromatic nitrogens is 1. The summed E-state index contributed by atoms with van der Waals surface area (Å²) in [7, 11) is 2.07. The molecule has 2 heterocycles. The van der Waals surface area contributed by atoms with Crippen molar-refractivity contribution in [3.05, 3.63) is 78.6 Å². The van der Waals surface area contributed by atoms with E-state index >= 15 is 0 Å². The summed E-state index contributed by atoms with van der Waals surface area (Å²) >= 11 is 0. The fourth-order valence-electron chi connectivity index (χ4n) is 3.25. The molecule has 4 rings (SSSR count). The van der Waals surface area contributed by atoms with Gasteiger partial charge in [0.2, 0.25) is 0 Å². The van der Waals surface area contributed by atoms with Gasteiger partial charge in [0.15, 0.2) is 5.75 Å². The molecule has 1 saturated heterocycles. The zero-order valence-corrected chi connectivity index (χ0v) is 16.4. The number of para-hydroxylation sites is 3. The van der Waals surface area contributed by atoms with Gasteiger partial charge in [-0.25, -0.2) is 0 Å². The summed E-state index contributed by atoms with van der Waals surface area (Å²) in [5, 5.41) is 3.33. The molecule has 0 saturated carbocycles. The van der Waals surface area contributed by atoms with Gasteiger partial charge >= 0.3 is 0 Å². The van der Waals surface area contributed by atoms with Crippen LogP contribution >= 0.6 is 0 Å². The molecule has 6 nitrogen and oxygen atoms in total. The molecular formula is C23H24N4O2. The van der Waals surface area contributed by atoms with Crippen molar-refractivity contribution in [1.82, 2.24) is 14.8 Å². The number of nitrogens with zero attached hydrogens (tertiary/aromatic N) is 3. The minimum Gasteiger partial charge on any atom is -0.455 e. The number of carbonyl (C=O) groups excluding carboxylic acids is 1. The zero-order valence-electron chi connectivity index (χ0n) is 16.4. The number of benzene rings is 2. The van der Waals surface area contributed by atoms with Crippen LogP contribution in [0.2, 0.25) is 0 Å². The number of anilines is 2. The highest BCUT2D eigenvalue weighted by Crippen LogP contribution is 2.31. The predicted molar refractivity (Wildman–Crippen MR) is 114 cm³/mol. The van der Waals surface area contributed by atoms with Crippen LogP contribution in [0, 0.1) is 0 Å². The Morgan fingerprint density at radius 2 is 1.69 bits per heavy atom. The summed E-state index contributed by atoms with van der Waals surface area (Å²) in [5.74, 6) is 1.48. The lowest BCUT2D eigenvalue weighted by atomic mass is 10.2. The molecule has 1 aromatic heterocycles. The molecule has 148 valence electrons. The van der Waals surface area contributed by atoms with Gasteiger partial charge in [0, 0.05) is 32.4 Å². The number of hydrogen-bond donors (Lipinski definition) is 1. The van der Waals surface area contributed by atoms with Gasteiger partial charge in [-0.2, -0.15) is 0 Å². The molecule has 1 fully saturated rings. The summed E-state index contributed by atoms with van der Waals surface area (Å²) < 4.78 is 6.00. The van der Waals surface area contributed by atoms with Crippen molar-refractivity contribution in [2.24, 2.45) is 0 Å². The standard InChI is InChI=1S/C23H24N4O2/c1-26-11-13-27(14-12-26)23(28)18-15-19(17-24-16-18)25-21-9-5-6-10-22(21)29-20-7-3-2-4-8-20/h2-10,15-17,25H,11-14H2,1H3. The Morgan fingerprint density at radius 3 is 2.48 bits per heavy atom. The van der Waals surface area contributed by atoms with Crippen molar-refractivity contribution < 1.29 is 9.53 Å². The Balaban J connectivity index is 1.51. The molecule has 29 heavy (non-hydrogen) atoms. The van der Waals surface area contributed by atoms with E-state index in [1.807, 2.05) is 65.6 Å². The third kappa shape index (κ3) is 4.73. The molecule has 0 bridgehead atoms. The SMILES string of the molecule is CN1CCN(C(=O)c2cncc(Nc3ccccc3Oc3ccccc3)c2)CC1. The molecule has 0 spiro atoms. The zero-order chi connectivity index (χ0) is 20.1. The summed E-state index contributed by atoms with van der Waals surface area (Å²) in [6.07, 6.45) is 3.33. The fourth-order valence-corrected chi connectivity index (χ4v) is 3.25. The molecule has 1 amide bonds. The highest BCUT2D eigenvalue weighted by atomic mass is 16.5. The lowest BCUT2D eigenvalue weighted by Crippen LogP contribution is -2.47. The summed E-state index contributed by atoms with van der Waals surface area (Å²) in [4.78, 5) is 21.2. The maximum absolute atomic E-state index is 12.8. The summed E-state index contributed by atoms with van der Waals surface area (Å²) in [6.45, 7) is 3.25. The van der Waals surface area contributed by atoms with Gasteiger partial charge in [0.25, 0.3) is 5.91 Å². The Labute approximate surface area is 170 Å². The van der Waals surface area contributed by atoms with Crippen LogP contribution in [0.3, 0.4) is 0 Å². The number of carbonyl (C=O) groups is 1. The molecule has 3 aromatic rings. The predicted octanol–water partition coefficient (Wildman–Crippen LogP) is 4.01. The second-order valence-corrected chi connectivity index (χ2v) is 7.09. The third-order valence-electron chi connectivity index (χ3n) is 4.91. The van der Waals surface area contributed by atoms with E-state index in [4.69, 9.17) is 4.74 Å². The topological polar surface area (TPSA) is 57.7 Å². The van der Waals surface area contributed by atoms with Crippen LogP contribution < -0.4 is 10.1 Å². The molecule has 0 atom stereocenters. The van der Waals surface area contributed by atoms with Crippen LogP contribution in [0.1, 0.15) is 10.4 Å². The normalized spacial score (nSPS) is 14.4. The van der Waals surface area contributed by atoms with Crippen molar-refractivity contribution in [2.75, 3.05) is 38.5 Å². The molecule has 0 radical (unpaired) electrons. The van der Waals surface area contributed by atoms with E-state index in [2.05, 4.69) is 22.2 Å². The Bertz CT molecular complexity index is 969. The monoisotopic (exact) mass is 388 g/mol. The second kappa shape index (κ2) is 8.75. The Morgan fingerprint density at radius 1 is 0.966 bits per heavy atom. The summed E-state index contributed by atoms with van der Waals surface area (Å²) in [6, 6.07) is 19.2. The van der Waals surface area contributed by atoms with Crippen LogP contribution in [0.4, 0.5) is 11.4 Å². The molecule has 2 aromatic carbocycles. The third-order valence-corrected chi connectivity index (χ3v) is 4.91. The van der Waals surface area contributed by atoms with Gasteiger partial charge in [0.1, 0.15) is 5.75 Å². The number of ether oxygens (including phenoxy) is 1. The van der Waals surface area contributed by atoms with Gasteiger partial charge in [-0.15, -0.1) is 0 Å². The first-order valence-corrected chi connectivity index (χ1v) is 9.71. The maximum Gasteiger partial charge on any atom is 0.255 e. The van der Waals surface area contributed by atoms with Crippen LogP contribution in [-0.4, -0.2) is 53.9 Å². The Hall–Kier alpha value is -3.38. The number of hydrogen-bond acceptors (Lipinski definition) is 5. The summed E-state index contributed by atoms with van der Waals surface area (Å²) in [5.41, 5.74) is 2.14. The second-order valence-electron chi connectivity index (χ2n) is 7.09. The van der Waals surface area contributed by atoms with Gasteiger partial charge in [-0.3, -0.25) is 9.78 Å². The largest absolute Gasteiger partial charge is 0.455 e. The first kappa shape index (κ1) is 19.0. The average Bonchev–Trinajstić information content (AvgIpc) is 2.76. The lowest BCUT2D eigenvalue weighted by Gasteiger charge is -2.32. The average molecular weight is 388 g/mol. The van der Waals surface area contributed by atoms with Crippen LogP contribution in [-0.2, 0) is 0 Å². The molecule has 0 unspecified atom stereocenters. The van der Waals surface area contributed by atoms with E-state index in [1.165, 1.54) is 0 Å². The smallest absolute Gasteiger partial charge is 0.255 e. The molecule has 1 aliphatic rings. The van der Waals surface area contributed by atoms with E-state index in [0.29, 0.717) is 11.3 Å². The number of rotatable bonds is 5. The van der Waals surface area contributed by atoms with Crippen molar-refractivity contribution in [2.45, 2.75) is 0 Å². The first-order valence-electron chi connectivity index (χ1n) is 9.71. The maximum atomic E-state index is 12.8. The molecule has 1 N–H and O–H groups in total. The van der Waals surface area contributed by atoms with Gasteiger partial charge in [-0.1, -0.05) is 30.3 Å². The van der Waals surface area contributed by atoms with Crippen molar-refractivity contribution >= 4 is 17.3 Å². The molecular weight excluding hydrogens is 364 g/mol. The van der Waals surface area contributed by atoms with Gasteiger partial charge in [0.05, 0.1) is 23.1 Å². The van der Waals surface area contributed by atoms with E-state index in [9.17, 15) is 4.79 Å². The highest BCUT2D eigenvalue weighted by Gasteiger charge is 2.20. The quantitative estimate of drug-likeness (QED) is 0.716. The van der Waals surface area contributed by atoms with E-state index in [-0.39, 0.29) is 5.91 Å². The van der Waals surface area contributed by atoms with Gasteiger partial charge in [-0.05, 0) is 37.4 Å². The lowest BCUT2D eigenvalue weighted by molar-refractivity contribution is 0.0663. The number of nitrogens with one attached hydrogen (secondary N) is 1.